The number of hydrogen-bond donors (Lipinski definition) is 0. The Labute approximate surface area is 76.5 Å². The minimum atomic E-state index is -0.691. The van der Waals surface area contributed by atoms with Crippen molar-refractivity contribution >= 4 is 5.78 Å². The van der Waals surface area contributed by atoms with Crippen LogP contribution in [0.3, 0.4) is 0 Å². The van der Waals surface area contributed by atoms with Crippen molar-refractivity contribution < 1.29 is 19.0 Å². The Hall–Kier alpha value is -0.870. The Morgan fingerprint density at radius 1 is 1.38 bits per heavy atom. The van der Waals surface area contributed by atoms with Gasteiger partial charge in [-0.2, -0.15) is 0 Å². The van der Waals surface area contributed by atoms with Gasteiger partial charge in [-0.3, -0.25) is 4.79 Å². The molecule has 2 aliphatic rings. The molecule has 4 heteroatoms. The smallest absolute Gasteiger partial charge is 0.191 e. The summed E-state index contributed by atoms with van der Waals surface area (Å²) in [5.41, 5.74) is 0. The Kier molecular flexibility index (Phi) is 1.72. The molecule has 2 rings (SSSR count). The first-order valence-electron chi connectivity index (χ1n) is 4.18. The number of ether oxygens (including phenoxy) is 3. The average Bonchev–Trinajstić information content (AvgIpc) is 2.47. The third-order valence-corrected chi connectivity index (χ3v) is 2.18. The quantitative estimate of drug-likeness (QED) is 0.599. The Morgan fingerprint density at radius 2 is 2.00 bits per heavy atom. The second kappa shape index (κ2) is 2.56. The third-order valence-electron chi connectivity index (χ3n) is 2.18. The highest BCUT2D eigenvalue weighted by atomic mass is 16.8. The van der Waals surface area contributed by atoms with E-state index in [9.17, 15) is 4.79 Å². The molecule has 0 aromatic carbocycles. The van der Waals surface area contributed by atoms with Crippen molar-refractivity contribution in [2.24, 2.45) is 0 Å². The topological polar surface area (TPSA) is 44.8 Å². The zero-order chi connectivity index (χ0) is 9.64. The van der Waals surface area contributed by atoms with Crippen LogP contribution in [-0.2, 0) is 19.0 Å². The highest BCUT2D eigenvalue weighted by molar-refractivity contribution is 5.98. The van der Waals surface area contributed by atoms with Gasteiger partial charge in [-0.15, -0.1) is 0 Å². The molecular weight excluding hydrogens is 172 g/mol. The van der Waals surface area contributed by atoms with Crippen LogP contribution in [0.25, 0.3) is 0 Å². The van der Waals surface area contributed by atoms with Crippen LogP contribution in [0.1, 0.15) is 13.8 Å². The van der Waals surface area contributed by atoms with Crippen LogP contribution in [0.15, 0.2) is 11.8 Å². The minimum absolute atomic E-state index is 0.0765. The fourth-order valence-electron chi connectivity index (χ4n) is 1.66. The van der Waals surface area contributed by atoms with Crippen molar-refractivity contribution in [3.8, 4) is 0 Å². The van der Waals surface area contributed by atoms with E-state index in [0.717, 1.165) is 0 Å². The summed E-state index contributed by atoms with van der Waals surface area (Å²) in [6.45, 7) is 3.57. The summed E-state index contributed by atoms with van der Waals surface area (Å²) in [6, 6.07) is 0. The van der Waals surface area contributed by atoms with Crippen molar-refractivity contribution in [2.75, 3.05) is 7.11 Å². The van der Waals surface area contributed by atoms with Crippen LogP contribution >= 0.6 is 0 Å². The summed E-state index contributed by atoms with van der Waals surface area (Å²) >= 11 is 0. The lowest BCUT2D eigenvalue weighted by atomic mass is 10.2. The van der Waals surface area contributed by atoms with Crippen LogP contribution in [0.5, 0.6) is 0 Å². The van der Waals surface area contributed by atoms with Gasteiger partial charge in [0, 0.05) is 6.08 Å². The number of ketones is 1. The SMILES string of the molecule is COC1=CC(=O)[C@@H]2OC(C)(C)O[C@@H]12. The van der Waals surface area contributed by atoms with Gasteiger partial charge in [0.05, 0.1) is 7.11 Å². The van der Waals surface area contributed by atoms with Crippen LogP contribution in [-0.4, -0.2) is 30.9 Å². The molecule has 0 bridgehead atoms. The molecule has 0 spiro atoms. The van der Waals surface area contributed by atoms with E-state index >= 15 is 0 Å². The molecule has 0 aromatic rings. The number of rotatable bonds is 1. The van der Waals surface area contributed by atoms with Crippen LogP contribution in [0.4, 0.5) is 0 Å². The largest absolute Gasteiger partial charge is 0.498 e. The zero-order valence-electron chi connectivity index (χ0n) is 7.87. The molecule has 0 radical (unpaired) electrons. The first-order valence-corrected chi connectivity index (χ1v) is 4.18. The van der Waals surface area contributed by atoms with E-state index < -0.39 is 11.9 Å². The molecule has 0 aromatic heterocycles. The van der Waals surface area contributed by atoms with E-state index in [1.54, 1.807) is 13.8 Å². The second-order valence-electron chi connectivity index (χ2n) is 3.63. The first-order chi connectivity index (χ1) is 6.03. The molecule has 0 amide bonds. The van der Waals surface area contributed by atoms with Crippen molar-refractivity contribution in [2.45, 2.75) is 31.8 Å². The summed E-state index contributed by atoms with van der Waals surface area (Å²) in [7, 11) is 1.52. The normalized spacial score (nSPS) is 35.9. The minimum Gasteiger partial charge on any atom is -0.498 e. The Bertz CT molecular complexity index is 279. The molecule has 2 atom stereocenters. The summed E-state index contributed by atoms with van der Waals surface area (Å²) in [4.78, 5) is 11.4. The van der Waals surface area contributed by atoms with Gasteiger partial charge in [-0.1, -0.05) is 0 Å². The molecule has 1 saturated heterocycles. The molecule has 72 valence electrons. The predicted octanol–water partition coefficient (Wildman–Crippen LogP) is 0.619. The lowest BCUT2D eigenvalue weighted by molar-refractivity contribution is -0.154. The highest BCUT2D eigenvalue weighted by Crippen LogP contribution is 2.36. The summed E-state index contributed by atoms with van der Waals surface area (Å²) in [6.07, 6.45) is 0.572. The fourth-order valence-corrected chi connectivity index (χ4v) is 1.66. The van der Waals surface area contributed by atoms with Crippen LogP contribution in [0, 0.1) is 0 Å². The van der Waals surface area contributed by atoms with Gasteiger partial charge in [0.2, 0.25) is 0 Å². The molecule has 0 saturated carbocycles. The lowest BCUT2D eigenvalue weighted by Crippen LogP contribution is -2.25. The van der Waals surface area contributed by atoms with Crippen molar-refractivity contribution in [3.05, 3.63) is 11.8 Å². The second-order valence-corrected chi connectivity index (χ2v) is 3.63. The molecule has 13 heavy (non-hydrogen) atoms. The number of carbonyl (C=O) groups excluding carboxylic acids is 1. The summed E-state index contributed by atoms with van der Waals surface area (Å²) in [5.74, 6) is -0.212. The number of fused-ring (bicyclic) bond motifs is 1. The fraction of sp³-hybridized carbons (Fsp3) is 0.667. The number of carbonyl (C=O) groups is 1. The summed E-state index contributed by atoms with van der Waals surface area (Å²) < 4.78 is 15.9. The van der Waals surface area contributed by atoms with E-state index in [4.69, 9.17) is 14.2 Å². The van der Waals surface area contributed by atoms with E-state index in [1.807, 2.05) is 0 Å². The standard InChI is InChI=1S/C9H12O4/c1-9(2)12-7-5(10)4-6(11-3)8(7)13-9/h4,7-8H,1-3H3/t7-,8-/m0/s1. The van der Waals surface area contributed by atoms with Gasteiger partial charge in [0.15, 0.2) is 23.8 Å². The van der Waals surface area contributed by atoms with E-state index in [1.165, 1.54) is 13.2 Å². The molecule has 1 aliphatic carbocycles. The predicted molar refractivity (Wildman–Crippen MR) is 43.9 cm³/mol. The van der Waals surface area contributed by atoms with Gasteiger partial charge >= 0.3 is 0 Å². The van der Waals surface area contributed by atoms with Crippen LogP contribution < -0.4 is 0 Å². The Balaban J connectivity index is 2.24. The van der Waals surface area contributed by atoms with E-state index in [0.29, 0.717) is 5.76 Å². The van der Waals surface area contributed by atoms with Gasteiger partial charge in [0.25, 0.3) is 0 Å². The third kappa shape index (κ3) is 1.26. The van der Waals surface area contributed by atoms with Gasteiger partial charge in [-0.25, -0.2) is 0 Å². The van der Waals surface area contributed by atoms with Gasteiger partial charge < -0.3 is 14.2 Å². The first kappa shape index (κ1) is 8.72. The molecule has 4 nitrogen and oxygen atoms in total. The monoisotopic (exact) mass is 184 g/mol. The van der Waals surface area contributed by atoms with Crippen molar-refractivity contribution in [1.82, 2.24) is 0 Å². The maximum atomic E-state index is 11.4. The van der Waals surface area contributed by atoms with E-state index in [-0.39, 0.29) is 11.9 Å². The van der Waals surface area contributed by atoms with Crippen molar-refractivity contribution in [1.29, 1.82) is 0 Å². The maximum Gasteiger partial charge on any atom is 0.191 e. The number of hydrogen-bond acceptors (Lipinski definition) is 4. The van der Waals surface area contributed by atoms with Gasteiger partial charge in [-0.05, 0) is 13.8 Å². The molecule has 1 fully saturated rings. The Morgan fingerprint density at radius 3 is 2.62 bits per heavy atom. The summed E-state index contributed by atoms with van der Waals surface area (Å²) in [5, 5.41) is 0. The maximum absolute atomic E-state index is 11.4. The van der Waals surface area contributed by atoms with E-state index in [2.05, 4.69) is 0 Å². The lowest BCUT2D eigenvalue weighted by Gasteiger charge is -2.17. The zero-order valence-corrected chi connectivity index (χ0v) is 7.87. The number of methoxy groups -OCH3 is 1. The molecule has 0 unspecified atom stereocenters. The van der Waals surface area contributed by atoms with Gasteiger partial charge in [0.1, 0.15) is 5.76 Å². The highest BCUT2D eigenvalue weighted by Gasteiger charge is 2.50. The molecule has 1 aliphatic heterocycles. The van der Waals surface area contributed by atoms with Crippen LogP contribution in [0.2, 0.25) is 0 Å². The molecule has 0 N–H and O–H groups in total. The molecule has 1 heterocycles. The van der Waals surface area contributed by atoms with Crippen molar-refractivity contribution in [3.63, 3.8) is 0 Å². The molecular formula is C9H12O4. The average molecular weight is 184 g/mol.